The van der Waals surface area contributed by atoms with E-state index in [9.17, 15) is 13.2 Å². The Morgan fingerprint density at radius 3 is 2.53 bits per heavy atom. The summed E-state index contributed by atoms with van der Waals surface area (Å²) in [6.07, 6.45) is 2.95. The Morgan fingerprint density at radius 1 is 1.35 bits per heavy atom. The highest BCUT2D eigenvalue weighted by molar-refractivity contribution is 7.94. The summed E-state index contributed by atoms with van der Waals surface area (Å²) in [5.74, 6) is 0. The Morgan fingerprint density at radius 2 is 2.00 bits per heavy atom. The van der Waals surface area contributed by atoms with Gasteiger partial charge in [0.25, 0.3) is 10.0 Å². The van der Waals surface area contributed by atoms with E-state index in [4.69, 9.17) is 0 Å². The quantitative estimate of drug-likeness (QED) is 0.869. The number of anilines is 1. The minimum absolute atomic E-state index is 0.000637. The lowest BCUT2D eigenvalue weighted by atomic mass is 10.4. The molecule has 0 saturated carbocycles. The van der Waals surface area contributed by atoms with Gasteiger partial charge in [0.2, 0.25) is 0 Å². The van der Waals surface area contributed by atoms with Gasteiger partial charge in [-0.1, -0.05) is 11.3 Å². The van der Waals surface area contributed by atoms with Crippen LogP contribution in [0.3, 0.4) is 0 Å². The monoisotopic (exact) mass is 271 g/mol. The number of aryl methyl sites for hydroxylation is 1. The zero-order chi connectivity index (χ0) is 12.5. The Balaban J connectivity index is 2.38. The Kier molecular flexibility index (Phi) is 2.99. The molecular weight excluding hydrogens is 262 g/mol. The largest absolute Gasteiger partial charge is 0.315 e. The third kappa shape index (κ3) is 2.53. The number of pyridine rings is 1. The fourth-order valence-corrected chi connectivity index (χ4v) is 3.63. The normalized spacial score (nSPS) is 11.4. The van der Waals surface area contributed by atoms with Gasteiger partial charge in [-0.15, -0.1) is 0 Å². The van der Waals surface area contributed by atoms with Crippen LogP contribution in [-0.4, -0.2) is 18.4 Å². The van der Waals surface area contributed by atoms with Crippen molar-refractivity contribution >= 4 is 27.0 Å². The standard InChI is InChI=1S/C9H9N3O3S2/c1-6-8(16-9(13)11-6)17(14,15)12-7-2-4-10-5-3-7/h2-5H,1H3,(H,10,12)(H,11,13). The van der Waals surface area contributed by atoms with Crippen molar-refractivity contribution in [3.63, 3.8) is 0 Å². The van der Waals surface area contributed by atoms with E-state index in [1.165, 1.54) is 24.5 Å². The Bertz CT molecular complexity index is 673. The molecule has 0 unspecified atom stereocenters. The lowest BCUT2D eigenvalue weighted by molar-refractivity contribution is 0.602. The summed E-state index contributed by atoms with van der Waals surface area (Å²) in [7, 11) is -3.71. The molecule has 0 spiro atoms. The Labute approximate surface area is 101 Å². The van der Waals surface area contributed by atoms with Crippen LogP contribution in [-0.2, 0) is 10.0 Å². The zero-order valence-corrected chi connectivity index (χ0v) is 10.4. The van der Waals surface area contributed by atoms with Crippen molar-refractivity contribution in [2.24, 2.45) is 0 Å². The minimum atomic E-state index is -3.71. The summed E-state index contributed by atoms with van der Waals surface area (Å²) >= 11 is 0.663. The van der Waals surface area contributed by atoms with Crippen LogP contribution in [0.2, 0.25) is 0 Å². The van der Waals surface area contributed by atoms with Crippen LogP contribution in [0.25, 0.3) is 0 Å². The fourth-order valence-electron chi connectivity index (χ4n) is 1.27. The topological polar surface area (TPSA) is 91.9 Å². The highest BCUT2D eigenvalue weighted by atomic mass is 32.2. The fraction of sp³-hybridized carbons (Fsp3) is 0.111. The number of sulfonamides is 1. The second kappa shape index (κ2) is 4.30. The molecule has 0 amide bonds. The summed E-state index contributed by atoms with van der Waals surface area (Å²) in [5.41, 5.74) is 0.738. The van der Waals surface area contributed by atoms with Crippen LogP contribution in [0.5, 0.6) is 0 Å². The van der Waals surface area contributed by atoms with E-state index in [0.717, 1.165) is 0 Å². The first kappa shape index (κ1) is 11.8. The molecule has 8 heteroatoms. The first-order valence-corrected chi connectivity index (χ1v) is 6.91. The predicted molar refractivity (Wildman–Crippen MR) is 64.7 cm³/mol. The van der Waals surface area contributed by atoms with Gasteiger partial charge >= 0.3 is 4.87 Å². The molecule has 2 heterocycles. The number of hydrogen-bond donors (Lipinski definition) is 2. The molecule has 2 N–H and O–H groups in total. The van der Waals surface area contributed by atoms with Crippen molar-refractivity contribution < 1.29 is 8.42 Å². The van der Waals surface area contributed by atoms with Crippen molar-refractivity contribution in [1.29, 1.82) is 0 Å². The number of aromatic nitrogens is 2. The summed E-state index contributed by atoms with van der Waals surface area (Å²) in [6, 6.07) is 3.06. The maximum atomic E-state index is 12.0. The minimum Gasteiger partial charge on any atom is -0.315 e. The van der Waals surface area contributed by atoms with Crippen molar-refractivity contribution in [1.82, 2.24) is 9.97 Å². The number of rotatable bonds is 3. The number of nitrogens with one attached hydrogen (secondary N) is 2. The molecule has 2 aromatic heterocycles. The highest BCUT2D eigenvalue weighted by Gasteiger charge is 2.20. The molecule has 0 saturated heterocycles. The average Bonchev–Trinajstić information content (AvgIpc) is 2.59. The summed E-state index contributed by atoms with van der Waals surface area (Å²) in [4.78, 5) is 16.9. The molecule has 0 aliphatic rings. The van der Waals surface area contributed by atoms with Crippen LogP contribution in [0.1, 0.15) is 5.69 Å². The molecule has 0 radical (unpaired) electrons. The predicted octanol–water partition coefficient (Wildman–Crippen LogP) is 0.941. The SMILES string of the molecule is Cc1[nH]c(=O)sc1S(=O)(=O)Nc1ccncc1. The van der Waals surface area contributed by atoms with Gasteiger partial charge in [0.05, 0.1) is 5.69 Å². The molecule has 0 aliphatic carbocycles. The van der Waals surface area contributed by atoms with E-state index in [0.29, 0.717) is 22.7 Å². The van der Waals surface area contributed by atoms with Gasteiger partial charge in [0.15, 0.2) is 4.21 Å². The van der Waals surface area contributed by atoms with Crippen molar-refractivity contribution in [3.8, 4) is 0 Å². The molecule has 2 rings (SSSR count). The molecule has 6 nitrogen and oxygen atoms in total. The lowest BCUT2D eigenvalue weighted by Crippen LogP contribution is -2.12. The van der Waals surface area contributed by atoms with E-state index in [-0.39, 0.29) is 4.21 Å². The maximum absolute atomic E-state index is 12.0. The van der Waals surface area contributed by atoms with Crippen LogP contribution in [0.15, 0.2) is 33.5 Å². The van der Waals surface area contributed by atoms with E-state index in [2.05, 4.69) is 14.7 Å². The Hall–Kier alpha value is -1.67. The first-order chi connectivity index (χ1) is 7.99. The molecule has 0 aliphatic heterocycles. The maximum Gasteiger partial charge on any atom is 0.306 e. The average molecular weight is 271 g/mol. The summed E-state index contributed by atoms with van der Waals surface area (Å²) in [6.45, 7) is 1.54. The van der Waals surface area contributed by atoms with E-state index >= 15 is 0 Å². The third-order valence-corrected chi connectivity index (χ3v) is 4.94. The number of thiazole rings is 1. The number of hydrogen-bond acceptors (Lipinski definition) is 5. The van der Waals surface area contributed by atoms with E-state index in [1.54, 1.807) is 6.92 Å². The van der Waals surface area contributed by atoms with Crippen LogP contribution in [0.4, 0.5) is 5.69 Å². The summed E-state index contributed by atoms with van der Waals surface area (Å²) in [5, 5.41) is 0. The van der Waals surface area contributed by atoms with Crippen LogP contribution >= 0.6 is 11.3 Å². The molecule has 0 fully saturated rings. The molecule has 0 aromatic carbocycles. The molecular formula is C9H9N3O3S2. The van der Waals surface area contributed by atoms with Crippen molar-refractivity contribution in [3.05, 3.63) is 39.9 Å². The van der Waals surface area contributed by atoms with E-state index < -0.39 is 14.9 Å². The number of H-pyrrole nitrogens is 1. The van der Waals surface area contributed by atoms with Gasteiger partial charge in [0.1, 0.15) is 0 Å². The molecule has 2 aromatic rings. The van der Waals surface area contributed by atoms with Crippen molar-refractivity contribution in [2.75, 3.05) is 4.72 Å². The van der Waals surface area contributed by atoms with Gasteiger partial charge in [0, 0.05) is 18.1 Å². The van der Waals surface area contributed by atoms with Crippen molar-refractivity contribution in [2.45, 2.75) is 11.1 Å². The number of nitrogens with zero attached hydrogens (tertiary/aromatic N) is 1. The molecule has 0 bridgehead atoms. The first-order valence-electron chi connectivity index (χ1n) is 4.61. The zero-order valence-electron chi connectivity index (χ0n) is 8.80. The molecule has 90 valence electrons. The molecule has 17 heavy (non-hydrogen) atoms. The van der Waals surface area contributed by atoms with Gasteiger partial charge in [-0.05, 0) is 19.1 Å². The van der Waals surface area contributed by atoms with Crippen LogP contribution in [0, 0.1) is 6.92 Å². The second-order valence-electron chi connectivity index (χ2n) is 3.27. The van der Waals surface area contributed by atoms with Crippen LogP contribution < -0.4 is 9.60 Å². The van der Waals surface area contributed by atoms with Gasteiger partial charge in [-0.2, -0.15) is 0 Å². The van der Waals surface area contributed by atoms with Gasteiger partial charge in [-0.25, -0.2) is 8.42 Å². The smallest absolute Gasteiger partial charge is 0.306 e. The number of aromatic amines is 1. The van der Waals surface area contributed by atoms with Gasteiger partial charge < -0.3 is 4.98 Å². The van der Waals surface area contributed by atoms with E-state index in [1.807, 2.05) is 0 Å². The lowest BCUT2D eigenvalue weighted by Gasteiger charge is -2.05. The summed E-state index contributed by atoms with van der Waals surface area (Å²) < 4.78 is 26.3. The third-order valence-electron chi connectivity index (χ3n) is 1.96. The highest BCUT2D eigenvalue weighted by Crippen LogP contribution is 2.19. The molecule has 0 atom stereocenters. The van der Waals surface area contributed by atoms with Gasteiger partial charge in [-0.3, -0.25) is 14.5 Å². The second-order valence-corrected chi connectivity index (χ2v) is 6.13.